The number of methoxy groups -OCH3 is 1. The number of hydrogen-bond donors (Lipinski definition) is 2. The first-order valence-electron chi connectivity index (χ1n) is 5.48. The molecule has 3 N–H and O–H groups in total. The fourth-order valence-electron chi connectivity index (χ4n) is 1.27. The Hall–Kier alpha value is -1.82. The maximum absolute atomic E-state index is 13.4. The van der Waals surface area contributed by atoms with E-state index in [1.807, 2.05) is 0 Å². The molecule has 100 valence electrons. The van der Waals surface area contributed by atoms with Crippen LogP contribution in [0.15, 0.2) is 12.1 Å². The highest BCUT2D eigenvalue weighted by molar-refractivity contribution is 5.77. The van der Waals surface area contributed by atoms with Gasteiger partial charge in [0, 0.05) is 25.4 Å². The Kier molecular flexibility index (Phi) is 5.38. The molecule has 0 aliphatic heterocycles. The van der Waals surface area contributed by atoms with Crippen molar-refractivity contribution in [2.24, 2.45) is 0 Å². The molecule has 6 heteroatoms. The van der Waals surface area contributed by atoms with Crippen LogP contribution in [0.2, 0.25) is 0 Å². The molecule has 0 atom stereocenters. The first-order chi connectivity index (χ1) is 8.54. The Labute approximate surface area is 105 Å². The van der Waals surface area contributed by atoms with Crippen LogP contribution in [-0.4, -0.2) is 32.8 Å². The van der Waals surface area contributed by atoms with E-state index < -0.39 is 5.82 Å². The zero-order valence-electron chi connectivity index (χ0n) is 10.5. The maximum atomic E-state index is 13.4. The van der Waals surface area contributed by atoms with Gasteiger partial charge in [-0.25, -0.2) is 4.39 Å². The van der Waals surface area contributed by atoms with Gasteiger partial charge in [-0.05, 0) is 18.6 Å². The van der Waals surface area contributed by atoms with Crippen LogP contribution in [0.25, 0.3) is 0 Å². The van der Waals surface area contributed by atoms with Gasteiger partial charge in [-0.1, -0.05) is 0 Å². The van der Waals surface area contributed by atoms with Crippen LogP contribution in [0.4, 0.5) is 10.1 Å². The number of anilines is 1. The monoisotopic (exact) mass is 256 g/mol. The van der Waals surface area contributed by atoms with Crippen LogP contribution in [0.1, 0.15) is 5.56 Å². The maximum Gasteiger partial charge on any atom is 0.258 e. The highest BCUT2D eigenvalue weighted by atomic mass is 19.1. The largest absolute Gasteiger partial charge is 0.481 e. The van der Waals surface area contributed by atoms with E-state index in [9.17, 15) is 9.18 Å². The third-order valence-electron chi connectivity index (χ3n) is 2.31. The Morgan fingerprint density at radius 2 is 2.22 bits per heavy atom. The highest BCUT2D eigenvalue weighted by Crippen LogP contribution is 2.23. The lowest BCUT2D eigenvalue weighted by molar-refractivity contribution is -0.123. The molecule has 0 aliphatic carbocycles. The van der Waals surface area contributed by atoms with Gasteiger partial charge in [0.25, 0.3) is 5.91 Å². The molecule has 0 saturated heterocycles. The summed E-state index contributed by atoms with van der Waals surface area (Å²) in [6.07, 6.45) is 0. The zero-order chi connectivity index (χ0) is 13.5. The molecule has 1 amide bonds. The summed E-state index contributed by atoms with van der Waals surface area (Å²) >= 11 is 0. The number of carbonyl (C=O) groups is 1. The van der Waals surface area contributed by atoms with Crippen molar-refractivity contribution in [1.29, 1.82) is 0 Å². The van der Waals surface area contributed by atoms with E-state index >= 15 is 0 Å². The summed E-state index contributed by atoms with van der Waals surface area (Å²) in [6.45, 7) is 2.30. The molecule has 0 saturated carbocycles. The topological polar surface area (TPSA) is 73.6 Å². The molecular weight excluding hydrogens is 239 g/mol. The predicted octanol–water partition coefficient (Wildman–Crippen LogP) is 0.858. The van der Waals surface area contributed by atoms with E-state index in [4.69, 9.17) is 15.2 Å². The molecule has 0 radical (unpaired) electrons. The Balaban J connectivity index is 2.48. The second-order valence-corrected chi connectivity index (χ2v) is 3.77. The normalized spacial score (nSPS) is 10.2. The van der Waals surface area contributed by atoms with Gasteiger partial charge in [-0.2, -0.15) is 0 Å². The van der Waals surface area contributed by atoms with Crippen LogP contribution >= 0.6 is 0 Å². The van der Waals surface area contributed by atoms with Crippen molar-refractivity contribution in [1.82, 2.24) is 5.32 Å². The van der Waals surface area contributed by atoms with Gasteiger partial charge in [0.2, 0.25) is 0 Å². The van der Waals surface area contributed by atoms with Crippen molar-refractivity contribution in [3.8, 4) is 5.75 Å². The number of benzene rings is 1. The van der Waals surface area contributed by atoms with Crippen molar-refractivity contribution in [2.75, 3.05) is 32.6 Å². The smallest absolute Gasteiger partial charge is 0.258 e. The number of hydrogen-bond acceptors (Lipinski definition) is 4. The van der Waals surface area contributed by atoms with Crippen molar-refractivity contribution < 1.29 is 18.7 Å². The molecule has 0 fully saturated rings. The second kappa shape index (κ2) is 6.80. The average molecular weight is 256 g/mol. The number of halogens is 1. The Bertz CT molecular complexity index is 424. The first kappa shape index (κ1) is 14.2. The van der Waals surface area contributed by atoms with Crippen LogP contribution in [-0.2, 0) is 9.53 Å². The van der Waals surface area contributed by atoms with Crippen LogP contribution in [0.5, 0.6) is 5.75 Å². The van der Waals surface area contributed by atoms with Crippen molar-refractivity contribution in [3.05, 3.63) is 23.5 Å². The minimum Gasteiger partial charge on any atom is -0.481 e. The molecule has 1 aromatic rings. The summed E-state index contributed by atoms with van der Waals surface area (Å²) in [5.74, 6) is -0.896. The first-order valence-corrected chi connectivity index (χ1v) is 5.48. The fraction of sp³-hybridized carbons (Fsp3) is 0.417. The van der Waals surface area contributed by atoms with Crippen LogP contribution < -0.4 is 15.8 Å². The van der Waals surface area contributed by atoms with Crippen molar-refractivity contribution in [2.45, 2.75) is 6.92 Å². The standard InChI is InChI=1S/C12H17FN2O3/c1-8-5-11(9(13)6-10(8)14)18-7-12(16)15-3-4-17-2/h5-6H,3-4,7,14H2,1-2H3,(H,15,16). The number of nitrogens with two attached hydrogens (primary N) is 1. The van der Waals surface area contributed by atoms with Gasteiger partial charge in [-0.3, -0.25) is 4.79 Å². The van der Waals surface area contributed by atoms with Crippen LogP contribution in [0.3, 0.4) is 0 Å². The van der Waals surface area contributed by atoms with E-state index in [-0.39, 0.29) is 18.3 Å². The molecule has 0 unspecified atom stereocenters. The minimum atomic E-state index is -0.581. The summed E-state index contributed by atoms with van der Waals surface area (Å²) in [4.78, 5) is 11.3. The number of carbonyl (C=O) groups excluding carboxylic acids is 1. The lowest BCUT2D eigenvalue weighted by Crippen LogP contribution is -2.31. The van der Waals surface area contributed by atoms with E-state index in [1.165, 1.54) is 19.2 Å². The molecule has 5 nitrogen and oxygen atoms in total. The van der Waals surface area contributed by atoms with Gasteiger partial charge in [0.1, 0.15) is 0 Å². The van der Waals surface area contributed by atoms with Crippen molar-refractivity contribution >= 4 is 11.6 Å². The molecule has 18 heavy (non-hydrogen) atoms. The number of ether oxygens (including phenoxy) is 2. The third-order valence-corrected chi connectivity index (χ3v) is 2.31. The molecule has 0 aliphatic rings. The zero-order valence-corrected chi connectivity index (χ0v) is 10.5. The van der Waals surface area contributed by atoms with E-state index in [2.05, 4.69) is 5.32 Å². The molecule has 0 aromatic heterocycles. The number of aryl methyl sites for hydroxylation is 1. The summed E-state index contributed by atoms with van der Waals surface area (Å²) < 4.78 is 23.3. The van der Waals surface area contributed by atoms with E-state index in [1.54, 1.807) is 6.92 Å². The molecule has 1 aromatic carbocycles. The van der Waals surface area contributed by atoms with Crippen LogP contribution in [0, 0.1) is 12.7 Å². The lowest BCUT2D eigenvalue weighted by Gasteiger charge is -2.09. The fourth-order valence-corrected chi connectivity index (χ4v) is 1.27. The van der Waals surface area contributed by atoms with E-state index in [0.29, 0.717) is 24.4 Å². The summed E-state index contributed by atoms with van der Waals surface area (Å²) in [5, 5.41) is 2.56. The lowest BCUT2D eigenvalue weighted by atomic mass is 10.2. The SMILES string of the molecule is COCCNC(=O)COc1cc(C)c(N)cc1F. The van der Waals surface area contributed by atoms with Gasteiger partial charge in [-0.15, -0.1) is 0 Å². The molecule has 1 rings (SSSR count). The molecule has 0 spiro atoms. The third kappa shape index (κ3) is 4.21. The van der Waals surface area contributed by atoms with Gasteiger partial charge < -0.3 is 20.5 Å². The Morgan fingerprint density at radius 1 is 1.50 bits per heavy atom. The molecule has 0 heterocycles. The number of nitrogen functional groups attached to an aromatic ring is 1. The van der Waals surface area contributed by atoms with Gasteiger partial charge >= 0.3 is 0 Å². The second-order valence-electron chi connectivity index (χ2n) is 3.77. The number of rotatable bonds is 6. The van der Waals surface area contributed by atoms with Gasteiger partial charge in [0.15, 0.2) is 18.2 Å². The average Bonchev–Trinajstić information content (AvgIpc) is 2.32. The minimum absolute atomic E-state index is 0.0172. The number of amides is 1. The molecular formula is C12H17FN2O3. The predicted molar refractivity (Wildman–Crippen MR) is 65.9 cm³/mol. The highest BCUT2D eigenvalue weighted by Gasteiger charge is 2.09. The summed E-state index contributed by atoms with van der Waals surface area (Å²) in [5.41, 5.74) is 6.59. The molecule has 0 bridgehead atoms. The summed E-state index contributed by atoms with van der Waals surface area (Å²) in [6, 6.07) is 2.64. The van der Waals surface area contributed by atoms with Gasteiger partial charge in [0.05, 0.1) is 6.61 Å². The van der Waals surface area contributed by atoms with Crippen molar-refractivity contribution in [3.63, 3.8) is 0 Å². The summed E-state index contributed by atoms with van der Waals surface area (Å²) in [7, 11) is 1.54. The number of nitrogens with one attached hydrogen (secondary N) is 1. The van der Waals surface area contributed by atoms with E-state index in [0.717, 1.165) is 0 Å². The Morgan fingerprint density at radius 3 is 2.89 bits per heavy atom. The quantitative estimate of drug-likeness (QED) is 0.585.